The van der Waals surface area contributed by atoms with E-state index in [1.165, 1.54) is 50.6 Å². The number of hydrogen-bond acceptors (Lipinski definition) is 3. The lowest BCUT2D eigenvalue weighted by atomic mass is 9.85. The molecule has 17 heavy (non-hydrogen) atoms. The van der Waals surface area contributed by atoms with Crippen molar-refractivity contribution in [1.82, 2.24) is 20.3 Å². The standard InChI is InChI=1S/C13H24N4/c1-14-12(13-10-15-16-17(13)2)9-8-11-6-4-3-5-7-11/h10-12,14H,3-9H2,1-2H3. The van der Waals surface area contributed by atoms with Crippen molar-refractivity contribution in [1.29, 1.82) is 0 Å². The van der Waals surface area contributed by atoms with Crippen LogP contribution in [-0.4, -0.2) is 22.0 Å². The summed E-state index contributed by atoms with van der Waals surface area (Å²) in [6, 6.07) is 0.400. The summed E-state index contributed by atoms with van der Waals surface area (Å²) in [6.07, 6.45) is 11.6. The Kier molecular flexibility index (Phi) is 4.54. The SMILES string of the molecule is CNC(CCC1CCCCC1)c1cnnn1C. The quantitative estimate of drug-likeness (QED) is 0.854. The van der Waals surface area contributed by atoms with E-state index < -0.39 is 0 Å². The van der Waals surface area contributed by atoms with Crippen LogP contribution in [0.5, 0.6) is 0 Å². The lowest BCUT2D eigenvalue weighted by Crippen LogP contribution is -2.20. The van der Waals surface area contributed by atoms with Gasteiger partial charge in [0, 0.05) is 7.05 Å². The van der Waals surface area contributed by atoms with Gasteiger partial charge in [0.2, 0.25) is 0 Å². The predicted octanol–water partition coefficient (Wildman–Crippen LogP) is 2.44. The van der Waals surface area contributed by atoms with E-state index in [0.717, 1.165) is 5.92 Å². The van der Waals surface area contributed by atoms with E-state index in [1.54, 1.807) is 0 Å². The van der Waals surface area contributed by atoms with Crippen LogP contribution < -0.4 is 5.32 Å². The molecule has 0 saturated heterocycles. The highest BCUT2D eigenvalue weighted by molar-refractivity contribution is 5.01. The Morgan fingerprint density at radius 1 is 1.41 bits per heavy atom. The molecule has 96 valence electrons. The van der Waals surface area contributed by atoms with Gasteiger partial charge in [0.1, 0.15) is 0 Å². The number of aryl methyl sites for hydroxylation is 1. The largest absolute Gasteiger partial charge is 0.312 e. The third-order valence-electron chi connectivity index (χ3n) is 4.04. The van der Waals surface area contributed by atoms with Gasteiger partial charge in [-0.15, -0.1) is 5.10 Å². The van der Waals surface area contributed by atoms with Gasteiger partial charge in [-0.1, -0.05) is 37.3 Å². The molecule has 0 aromatic carbocycles. The summed E-state index contributed by atoms with van der Waals surface area (Å²) in [5.74, 6) is 0.945. The molecule has 1 aromatic rings. The Hall–Kier alpha value is -0.900. The topological polar surface area (TPSA) is 42.7 Å². The Balaban J connectivity index is 1.85. The van der Waals surface area contributed by atoms with Gasteiger partial charge in [-0.05, 0) is 25.8 Å². The average Bonchev–Trinajstić information content (AvgIpc) is 2.78. The molecule has 1 aliphatic carbocycles. The molecule has 1 heterocycles. The van der Waals surface area contributed by atoms with Crippen LogP contribution in [0.2, 0.25) is 0 Å². The van der Waals surface area contributed by atoms with E-state index >= 15 is 0 Å². The van der Waals surface area contributed by atoms with E-state index in [0.29, 0.717) is 6.04 Å². The maximum atomic E-state index is 4.01. The van der Waals surface area contributed by atoms with E-state index in [1.807, 2.05) is 25.0 Å². The molecule has 1 aliphatic rings. The van der Waals surface area contributed by atoms with Crippen LogP contribution in [-0.2, 0) is 7.05 Å². The van der Waals surface area contributed by atoms with Crippen molar-refractivity contribution in [2.24, 2.45) is 13.0 Å². The molecule has 0 aliphatic heterocycles. The van der Waals surface area contributed by atoms with Gasteiger partial charge in [0.15, 0.2) is 0 Å². The van der Waals surface area contributed by atoms with Crippen molar-refractivity contribution in [2.75, 3.05) is 7.05 Å². The lowest BCUT2D eigenvalue weighted by molar-refractivity contribution is 0.314. The first-order valence-electron chi connectivity index (χ1n) is 6.83. The van der Waals surface area contributed by atoms with Gasteiger partial charge in [-0.2, -0.15) is 0 Å². The number of rotatable bonds is 5. The molecule has 0 amide bonds. The van der Waals surface area contributed by atoms with Gasteiger partial charge >= 0.3 is 0 Å². The van der Waals surface area contributed by atoms with Crippen molar-refractivity contribution < 1.29 is 0 Å². The monoisotopic (exact) mass is 236 g/mol. The summed E-state index contributed by atoms with van der Waals surface area (Å²) in [5, 5.41) is 11.3. The van der Waals surface area contributed by atoms with Crippen LogP contribution in [0.3, 0.4) is 0 Å². The van der Waals surface area contributed by atoms with Gasteiger partial charge in [-0.25, -0.2) is 0 Å². The molecule has 2 rings (SSSR count). The minimum Gasteiger partial charge on any atom is -0.312 e. The Morgan fingerprint density at radius 3 is 2.76 bits per heavy atom. The second kappa shape index (κ2) is 6.15. The second-order valence-corrected chi connectivity index (χ2v) is 5.21. The van der Waals surface area contributed by atoms with Crippen molar-refractivity contribution in [3.8, 4) is 0 Å². The van der Waals surface area contributed by atoms with E-state index in [-0.39, 0.29) is 0 Å². The molecule has 1 saturated carbocycles. The van der Waals surface area contributed by atoms with Crippen molar-refractivity contribution in [3.05, 3.63) is 11.9 Å². The fraction of sp³-hybridized carbons (Fsp3) is 0.846. The Labute approximate surface area is 104 Å². The highest BCUT2D eigenvalue weighted by Crippen LogP contribution is 2.29. The molecule has 4 heteroatoms. The molecule has 4 nitrogen and oxygen atoms in total. The first kappa shape index (κ1) is 12.6. The molecule has 1 atom stereocenters. The lowest BCUT2D eigenvalue weighted by Gasteiger charge is -2.24. The number of nitrogens with zero attached hydrogens (tertiary/aromatic N) is 3. The third kappa shape index (κ3) is 3.28. The molecular formula is C13H24N4. The van der Waals surface area contributed by atoms with Crippen molar-refractivity contribution in [3.63, 3.8) is 0 Å². The van der Waals surface area contributed by atoms with Crippen LogP contribution in [0.1, 0.15) is 56.7 Å². The zero-order valence-corrected chi connectivity index (χ0v) is 11.0. The minimum absolute atomic E-state index is 0.400. The summed E-state index contributed by atoms with van der Waals surface area (Å²) in [6.45, 7) is 0. The highest BCUT2D eigenvalue weighted by atomic mass is 15.4. The summed E-state index contributed by atoms with van der Waals surface area (Å²) < 4.78 is 1.88. The summed E-state index contributed by atoms with van der Waals surface area (Å²) in [7, 11) is 3.99. The number of nitrogens with one attached hydrogen (secondary N) is 1. The van der Waals surface area contributed by atoms with Crippen LogP contribution in [0.25, 0.3) is 0 Å². The highest BCUT2D eigenvalue weighted by Gasteiger charge is 2.18. The molecule has 0 radical (unpaired) electrons. The Morgan fingerprint density at radius 2 is 2.18 bits per heavy atom. The van der Waals surface area contributed by atoms with Crippen molar-refractivity contribution in [2.45, 2.75) is 51.0 Å². The number of hydrogen-bond donors (Lipinski definition) is 1. The zero-order valence-electron chi connectivity index (χ0n) is 11.0. The van der Waals surface area contributed by atoms with Crippen LogP contribution in [0.4, 0.5) is 0 Å². The van der Waals surface area contributed by atoms with Crippen LogP contribution in [0.15, 0.2) is 6.20 Å². The summed E-state index contributed by atoms with van der Waals surface area (Å²) in [4.78, 5) is 0. The smallest absolute Gasteiger partial charge is 0.0753 e. The average molecular weight is 236 g/mol. The van der Waals surface area contributed by atoms with E-state index in [4.69, 9.17) is 0 Å². The predicted molar refractivity (Wildman–Crippen MR) is 68.6 cm³/mol. The zero-order chi connectivity index (χ0) is 12.1. The molecule has 1 fully saturated rings. The normalized spacial score (nSPS) is 19.4. The first-order chi connectivity index (χ1) is 8.31. The maximum absolute atomic E-state index is 4.01. The van der Waals surface area contributed by atoms with Gasteiger partial charge in [0.25, 0.3) is 0 Å². The fourth-order valence-electron chi connectivity index (χ4n) is 2.93. The maximum Gasteiger partial charge on any atom is 0.0753 e. The van der Waals surface area contributed by atoms with E-state index in [2.05, 4.69) is 15.6 Å². The van der Waals surface area contributed by atoms with Crippen LogP contribution >= 0.6 is 0 Å². The van der Waals surface area contributed by atoms with E-state index in [9.17, 15) is 0 Å². The summed E-state index contributed by atoms with van der Waals surface area (Å²) in [5.41, 5.74) is 1.20. The molecule has 0 bridgehead atoms. The third-order valence-corrected chi connectivity index (χ3v) is 4.04. The molecule has 1 unspecified atom stereocenters. The molecular weight excluding hydrogens is 212 g/mol. The molecule has 1 N–H and O–H groups in total. The van der Waals surface area contributed by atoms with Crippen LogP contribution in [0, 0.1) is 5.92 Å². The first-order valence-corrected chi connectivity index (χ1v) is 6.83. The van der Waals surface area contributed by atoms with Gasteiger partial charge in [0.05, 0.1) is 17.9 Å². The van der Waals surface area contributed by atoms with Crippen molar-refractivity contribution >= 4 is 0 Å². The summed E-state index contributed by atoms with van der Waals surface area (Å²) >= 11 is 0. The molecule has 0 spiro atoms. The minimum atomic E-state index is 0.400. The van der Waals surface area contributed by atoms with Gasteiger partial charge in [-0.3, -0.25) is 4.68 Å². The Bertz CT molecular complexity index is 328. The second-order valence-electron chi connectivity index (χ2n) is 5.21. The molecule has 1 aromatic heterocycles. The van der Waals surface area contributed by atoms with Gasteiger partial charge < -0.3 is 5.32 Å². The fourth-order valence-corrected chi connectivity index (χ4v) is 2.93. The number of aromatic nitrogens is 3.